The van der Waals surface area contributed by atoms with Crippen molar-refractivity contribution in [2.45, 2.75) is 12.5 Å². The normalized spacial score (nSPS) is 12.8. The molecule has 0 saturated carbocycles. The van der Waals surface area contributed by atoms with E-state index in [2.05, 4.69) is 4.98 Å². The Labute approximate surface area is 67.1 Å². The number of carboxylic acid groups (broad SMARTS) is 1. The van der Waals surface area contributed by atoms with Crippen LogP contribution in [0, 0.1) is 0 Å². The van der Waals surface area contributed by atoms with Gasteiger partial charge in [0.1, 0.15) is 11.1 Å². The van der Waals surface area contributed by atoms with Crippen LogP contribution in [-0.4, -0.2) is 21.2 Å². The largest absolute Gasteiger partial charge is 0.481 e. The number of hydrogen-bond donors (Lipinski definition) is 2. The quantitative estimate of drug-likeness (QED) is 0.704. The topological polar surface area (TPSA) is 70.4 Å². The van der Waals surface area contributed by atoms with Crippen LogP contribution >= 0.6 is 11.3 Å². The number of aromatic nitrogens is 1. The maximum atomic E-state index is 10.1. The molecule has 11 heavy (non-hydrogen) atoms. The van der Waals surface area contributed by atoms with E-state index in [1.54, 1.807) is 5.38 Å². The molecule has 0 spiro atoms. The van der Waals surface area contributed by atoms with Gasteiger partial charge in [-0.25, -0.2) is 4.98 Å². The average Bonchev–Trinajstić information content (AvgIpc) is 2.35. The maximum Gasteiger partial charge on any atom is 0.306 e. The molecule has 1 aromatic heterocycles. The standard InChI is InChI=1S/C6H7NO3S/c8-4(3-5(9)10)6-7-1-2-11-6/h1-2,4,8H,3H2,(H,9,10)/t4-/m1/s1. The lowest BCUT2D eigenvalue weighted by Gasteiger charge is -2.01. The Bertz CT molecular complexity index is 234. The molecule has 0 radical (unpaired) electrons. The van der Waals surface area contributed by atoms with Crippen molar-refractivity contribution in [3.05, 3.63) is 16.6 Å². The molecular weight excluding hydrogens is 166 g/mol. The van der Waals surface area contributed by atoms with E-state index < -0.39 is 12.1 Å². The second-order valence-electron chi connectivity index (χ2n) is 1.98. The number of aliphatic hydroxyl groups excluding tert-OH is 1. The zero-order chi connectivity index (χ0) is 8.27. The number of nitrogens with zero attached hydrogens (tertiary/aromatic N) is 1. The number of aliphatic carboxylic acids is 1. The molecular formula is C6H7NO3S. The minimum absolute atomic E-state index is 0.284. The van der Waals surface area contributed by atoms with E-state index in [0.29, 0.717) is 5.01 Å². The van der Waals surface area contributed by atoms with Crippen LogP contribution in [-0.2, 0) is 4.79 Å². The van der Waals surface area contributed by atoms with Crippen LogP contribution in [0.2, 0.25) is 0 Å². The van der Waals surface area contributed by atoms with Crippen molar-refractivity contribution in [3.63, 3.8) is 0 Å². The molecule has 5 heteroatoms. The van der Waals surface area contributed by atoms with Gasteiger partial charge in [0.05, 0.1) is 6.42 Å². The second-order valence-corrected chi connectivity index (χ2v) is 2.91. The lowest BCUT2D eigenvalue weighted by atomic mass is 10.3. The summed E-state index contributed by atoms with van der Waals surface area (Å²) in [6.45, 7) is 0. The minimum Gasteiger partial charge on any atom is -0.481 e. The summed E-state index contributed by atoms with van der Waals surface area (Å²) in [6.07, 6.45) is 0.283. The van der Waals surface area contributed by atoms with E-state index in [0.717, 1.165) is 0 Å². The van der Waals surface area contributed by atoms with Gasteiger partial charge in [-0.2, -0.15) is 0 Å². The summed E-state index contributed by atoms with van der Waals surface area (Å²) in [5.41, 5.74) is 0. The Morgan fingerprint density at radius 1 is 1.82 bits per heavy atom. The highest BCUT2D eigenvalue weighted by Crippen LogP contribution is 2.17. The number of aliphatic hydroxyl groups is 1. The number of hydrogen-bond acceptors (Lipinski definition) is 4. The van der Waals surface area contributed by atoms with E-state index in [4.69, 9.17) is 10.2 Å². The van der Waals surface area contributed by atoms with Gasteiger partial charge in [-0.1, -0.05) is 0 Å². The zero-order valence-corrected chi connectivity index (χ0v) is 6.41. The fourth-order valence-corrected chi connectivity index (χ4v) is 1.28. The molecule has 60 valence electrons. The first-order valence-corrected chi connectivity index (χ1v) is 3.87. The molecule has 0 saturated heterocycles. The van der Waals surface area contributed by atoms with Gasteiger partial charge in [-0.15, -0.1) is 11.3 Å². The van der Waals surface area contributed by atoms with Crippen molar-refractivity contribution in [2.75, 3.05) is 0 Å². The summed E-state index contributed by atoms with van der Waals surface area (Å²) >= 11 is 1.25. The first kappa shape index (κ1) is 8.16. The van der Waals surface area contributed by atoms with Crippen LogP contribution in [0.15, 0.2) is 11.6 Å². The Morgan fingerprint density at radius 2 is 2.55 bits per heavy atom. The molecule has 0 aliphatic heterocycles. The summed E-state index contributed by atoms with van der Waals surface area (Å²) in [6, 6.07) is 0. The lowest BCUT2D eigenvalue weighted by Crippen LogP contribution is -2.04. The smallest absolute Gasteiger partial charge is 0.306 e. The summed E-state index contributed by atoms with van der Waals surface area (Å²) in [5, 5.41) is 19.6. The predicted molar refractivity (Wildman–Crippen MR) is 39.3 cm³/mol. The van der Waals surface area contributed by atoms with Gasteiger partial charge in [0.25, 0.3) is 0 Å². The molecule has 1 heterocycles. The summed E-state index contributed by atoms with van der Waals surface area (Å²) < 4.78 is 0. The van der Waals surface area contributed by atoms with E-state index in [-0.39, 0.29) is 6.42 Å². The number of rotatable bonds is 3. The molecule has 2 N–H and O–H groups in total. The third kappa shape index (κ3) is 2.28. The lowest BCUT2D eigenvalue weighted by molar-refractivity contribution is -0.139. The molecule has 0 aromatic carbocycles. The van der Waals surface area contributed by atoms with Crippen LogP contribution in [0.5, 0.6) is 0 Å². The Hall–Kier alpha value is -0.940. The van der Waals surface area contributed by atoms with Gasteiger partial charge in [-0.05, 0) is 0 Å². The van der Waals surface area contributed by atoms with Crippen LogP contribution in [0.25, 0.3) is 0 Å². The van der Waals surface area contributed by atoms with Crippen LogP contribution in [0.1, 0.15) is 17.5 Å². The molecule has 0 fully saturated rings. The molecule has 0 aliphatic carbocycles. The van der Waals surface area contributed by atoms with Gasteiger partial charge in [0.15, 0.2) is 0 Å². The van der Waals surface area contributed by atoms with Crippen molar-refractivity contribution >= 4 is 17.3 Å². The van der Waals surface area contributed by atoms with E-state index in [1.165, 1.54) is 17.5 Å². The van der Waals surface area contributed by atoms with Crippen LogP contribution in [0.4, 0.5) is 0 Å². The van der Waals surface area contributed by atoms with Crippen molar-refractivity contribution in [2.24, 2.45) is 0 Å². The molecule has 1 atom stereocenters. The second kappa shape index (κ2) is 3.45. The van der Waals surface area contributed by atoms with E-state index in [9.17, 15) is 4.79 Å². The molecule has 1 rings (SSSR count). The number of carbonyl (C=O) groups is 1. The first-order chi connectivity index (χ1) is 5.20. The van der Waals surface area contributed by atoms with Crippen LogP contribution in [0.3, 0.4) is 0 Å². The Kier molecular flexibility index (Phi) is 2.56. The molecule has 0 bridgehead atoms. The number of thiazole rings is 1. The highest BCUT2D eigenvalue weighted by atomic mass is 32.1. The maximum absolute atomic E-state index is 10.1. The molecule has 4 nitrogen and oxygen atoms in total. The fraction of sp³-hybridized carbons (Fsp3) is 0.333. The summed E-state index contributed by atoms with van der Waals surface area (Å²) in [7, 11) is 0. The Morgan fingerprint density at radius 3 is 3.00 bits per heavy atom. The predicted octanol–water partition coefficient (Wildman–Crippen LogP) is 0.651. The first-order valence-electron chi connectivity index (χ1n) is 2.99. The van der Waals surface area contributed by atoms with Gasteiger partial charge in [-0.3, -0.25) is 4.79 Å². The average molecular weight is 173 g/mol. The fourth-order valence-electron chi connectivity index (χ4n) is 0.652. The zero-order valence-electron chi connectivity index (χ0n) is 5.60. The van der Waals surface area contributed by atoms with Crippen LogP contribution < -0.4 is 0 Å². The third-order valence-electron chi connectivity index (χ3n) is 1.10. The van der Waals surface area contributed by atoms with E-state index in [1.807, 2.05) is 0 Å². The van der Waals surface area contributed by atoms with E-state index >= 15 is 0 Å². The summed E-state index contributed by atoms with van der Waals surface area (Å²) in [4.78, 5) is 13.9. The highest BCUT2D eigenvalue weighted by molar-refractivity contribution is 7.09. The highest BCUT2D eigenvalue weighted by Gasteiger charge is 2.13. The van der Waals surface area contributed by atoms with Crippen molar-refractivity contribution in [1.29, 1.82) is 0 Å². The van der Waals surface area contributed by atoms with Crippen molar-refractivity contribution < 1.29 is 15.0 Å². The summed E-state index contributed by atoms with van der Waals surface area (Å²) in [5.74, 6) is -1.02. The monoisotopic (exact) mass is 173 g/mol. The Balaban J connectivity index is 2.56. The van der Waals surface area contributed by atoms with Crippen molar-refractivity contribution in [3.8, 4) is 0 Å². The van der Waals surface area contributed by atoms with Gasteiger partial charge in [0.2, 0.25) is 0 Å². The third-order valence-corrected chi connectivity index (χ3v) is 1.98. The molecule has 1 aromatic rings. The van der Waals surface area contributed by atoms with Crippen molar-refractivity contribution in [1.82, 2.24) is 4.98 Å². The molecule has 0 amide bonds. The molecule has 0 aliphatic rings. The SMILES string of the molecule is O=C(O)C[C@@H](O)c1nccs1. The van der Waals surface area contributed by atoms with Gasteiger partial charge in [0, 0.05) is 11.6 Å². The number of carboxylic acids is 1. The van der Waals surface area contributed by atoms with Gasteiger partial charge >= 0.3 is 5.97 Å². The molecule has 0 unspecified atom stereocenters. The van der Waals surface area contributed by atoms with Gasteiger partial charge < -0.3 is 10.2 Å². The minimum atomic E-state index is -1.02.